The van der Waals surface area contributed by atoms with Crippen molar-refractivity contribution in [2.45, 2.75) is 50.0 Å². The summed E-state index contributed by atoms with van der Waals surface area (Å²) in [6.45, 7) is 4.93. The summed E-state index contributed by atoms with van der Waals surface area (Å²) in [7, 11) is -3.56. The molecule has 2 aromatic carbocycles. The Morgan fingerprint density at radius 3 is 2.34 bits per heavy atom. The first-order chi connectivity index (χ1) is 29.3. The Kier molecular flexibility index (Phi) is 9.58. The van der Waals surface area contributed by atoms with Crippen LogP contribution in [0.2, 0.25) is 10.0 Å². The first-order valence-electron chi connectivity index (χ1n) is 20.0. The SMILES string of the molecule is C[C@@H](Oc1ccc2[nH]nc(-c3ccc(N4CC5(C4)CN(S(=O)(=O)C4CCN(c6cccc7c6C(=O)N(C6CCC(=O)NC6=O)C7=O)CC4)C5)nc3)c2c1)c1c(Cl)cncc1Cl. The second kappa shape index (κ2) is 14.8. The van der Waals surface area contributed by atoms with Gasteiger partial charge in [0.05, 0.1) is 37.6 Å². The average molecular weight is 885 g/mol. The lowest BCUT2D eigenvalue weighted by Crippen LogP contribution is -2.73. The molecule has 0 saturated carbocycles. The fourth-order valence-corrected chi connectivity index (χ4v) is 12.3. The quantitative estimate of drug-likeness (QED) is 0.189. The minimum Gasteiger partial charge on any atom is -0.486 e. The molecular weight excluding hydrogens is 845 g/mol. The average Bonchev–Trinajstić information content (AvgIpc) is 3.74. The number of sulfonamides is 1. The van der Waals surface area contributed by atoms with Gasteiger partial charge in [-0.2, -0.15) is 5.10 Å². The van der Waals surface area contributed by atoms with Crippen LogP contribution in [0.1, 0.15) is 65.0 Å². The molecule has 19 heteroatoms. The molecule has 8 heterocycles. The fourth-order valence-electron chi connectivity index (χ4n) is 9.45. The number of piperidine rings is 2. The summed E-state index contributed by atoms with van der Waals surface area (Å²) in [6.07, 6.45) is 5.27. The number of anilines is 2. The van der Waals surface area contributed by atoms with Gasteiger partial charge in [0.1, 0.15) is 29.4 Å². The minimum atomic E-state index is -3.56. The highest BCUT2D eigenvalue weighted by molar-refractivity contribution is 7.89. The van der Waals surface area contributed by atoms with Crippen molar-refractivity contribution < 1.29 is 32.3 Å². The lowest BCUT2D eigenvalue weighted by molar-refractivity contribution is -0.136. The van der Waals surface area contributed by atoms with E-state index in [2.05, 4.69) is 25.4 Å². The molecule has 4 amide bonds. The van der Waals surface area contributed by atoms with Gasteiger partial charge in [-0.15, -0.1) is 0 Å². The number of benzene rings is 2. The Hall–Kier alpha value is -5.62. The smallest absolute Gasteiger partial charge is 0.264 e. The summed E-state index contributed by atoms with van der Waals surface area (Å²) in [4.78, 5) is 65.1. The number of nitrogens with zero attached hydrogens (tertiary/aromatic N) is 7. The maximum atomic E-state index is 13.8. The second-order valence-electron chi connectivity index (χ2n) is 16.5. The molecule has 0 aliphatic carbocycles. The number of imide groups is 2. The Labute approximate surface area is 360 Å². The molecule has 5 aliphatic heterocycles. The summed E-state index contributed by atoms with van der Waals surface area (Å²) in [5.41, 5.74) is 3.88. The number of hydrogen-bond donors (Lipinski definition) is 2. The fraction of sp³-hybridized carbons (Fsp3) is 0.357. The number of carbonyl (C=O) groups excluding carboxylic acids is 4. The van der Waals surface area contributed by atoms with E-state index in [1.807, 2.05) is 42.2 Å². The molecule has 10 rings (SSSR count). The molecule has 4 saturated heterocycles. The standard InChI is InChI=1S/C42H39Cl2N9O7S/c1-23(36-29(43)17-45-18-30(36)44)60-25-6-7-31-28(15-25)38(49-48-31)24-5-9-34(46-16-24)51-19-42(20-51)21-52(22-42)61(58,59)26-11-13-50(14-12-26)32-4-2-3-27-37(32)41(57)53(40(27)56)33-8-10-35(54)47-39(33)55/h2-7,9,15-18,23,26,33H,8,10-14,19-22H2,1H3,(H,48,49)(H,47,54,55)/t23-,33?/m1/s1. The van der Waals surface area contributed by atoms with Gasteiger partial charge in [0, 0.05) is 86.2 Å². The highest BCUT2D eigenvalue weighted by Crippen LogP contribution is 2.45. The third-order valence-corrected chi connectivity index (χ3v) is 15.5. The first kappa shape index (κ1) is 39.5. The third kappa shape index (κ3) is 6.69. The van der Waals surface area contributed by atoms with E-state index in [-0.39, 0.29) is 29.4 Å². The maximum Gasteiger partial charge on any atom is 0.264 e. The highest BCUT2D eigenvalue weighted by atomic mass is 35.5. The maximum absolute atomic E-state index is 13.8. The molecule has 5 aliphatic rings. The molecule has 1 spiro atoms. The van der Waals surface area contributed by atoms with Crippen LogP contribution in [0.3, 0.4) is 0 Å². The largest absolute Gasteiger partial charge is 0.486 e. The molecule has 16 nitrogen and oxygen atoms in total. The number of fused-ring (bicyclic) bond motifs is 2. The van der Waals surface area contributed by atoms with Crippen LogP contribution in [0.4, 0.5) is 11.5 Å². The van der Waals surface area contributed by atoms with Crippen LogP contribution >= 0.6 is 23.2 Å². The third-order valence-electron chi connectivity index (χ3n) is 12.6. The van der Waals surface area contributed by atoms with E-state index in [9.17, 15) is 27.6 Å². The Morgan fingerprint density at radius 2 is 1.64 bits per heavy atom. The van der Waals surface area contributed by atoms with Crippen LogP contribution in [0.25, 0.3) is 22.2 Å². The van der Waals surface area contributed by atoms with Crippen molar-refractivity contribution in [3.05, 3.63) is 93.9 Å². The van der Waals surface area contributed by atoms with Crippen molar-refractivity contribution >= 4 is 79.3 Å². The monoisotopic (exact) mass is 883 g/mol. The lowest BCUT2D eigenvalue weighted by atomic mass is 9.74. The normalized spacial score (nSPS) is 21.1. The number of rotatable bonds is 9. The van der Waals surface area contributed by atoms with Gasteiger partial charge in [-0.25, -0.2) is 17.7 Å². The number of H-pyrrole nitrogens is 1. The molecule has 5 aromatic rings. The summed E-state index contributed by atoms with van der Waals surface area (Å²) in [5.74, 6) is -0.827. The molecule has 0 radical (unpaired) electrons. The number of ether oxygens (including phenoxy) is 1. The minimum absolute atomic E-state index is 0.0350. The number of hydrogen-bond acceptors (Lipinski definition) is 12. The lowest BCUT2D eigenvalue weighted by Gasteiger charge is -2.60. The van der Waals surface area contributed by atoms with Gasteiger partial charge >= 0.3 is 0 Å². The molecule has 1 unspecified atom stereocenters. The van der Waals surface area contributed by atoms with Crippen molar-refractivity contribution in [3.63, 3.8) is 0 Å². The molecule has 3 aromatic heterocycles. The van der Waals surface area contributed by atoms with Crippen molar-refractivity contribution in [1.29, 1.82) is 0 Å². The summed E-state index contributed by atoms with van der Waals surface area (Å²) < 4.78 is 35.5. The molecular formula is C42H39Cl2N9O7S. The van der Waals surface area contributed by atoms with Gasteiger partial charge in [0.25, 0.3) is 11.8 Å². The topological polar surface area (TPSA) is 191 Å². The number of pyridine rings is 2. The van der Waals surface area contributed by atoms with E-state index < -0.39 is 51.0 Å². The number of nitrogens with one attached hydrogen (secondary N) is 2. The van der Waals surface area contributed by atoms with Gasteiger partial charge in [0.2, 0.25) is 21.8 Å². The van der Waals surface area contributed by atoms with E-state index in [0.29, 0.717) is 79.2 Å². The van der Waals surface area contributed by atoms with Crippen LogP contribution < -0.4 is 19.9 Å². The number of aromatic nitrogens is 4. The van der Waals surface area contributed by atoms with Crippen molar-refractivity contribution in [2.24, 2.45) is 5.41 Å². The number of amides is 4. The van der Waals surface area contributed by atoms with E-state index in [1.54, 1.807) is 28.7 Å². The molecule has 0 bridgehead atoms. The zero-order chi connectivity index (χ0) is 42.4. The van der Waals surface area contributed by atoms with Crippen LogP contribution in [0.5, 0.6) is 5.75 Å². The number of halogens is 2. The van der Waals surface area contributed by atoms with Gasteiger partial charge in [-0.1, -0.05) is 29.3 Å². The highest BCUT2D eigenvalue weighted by Gasteiger charge is 2.56. The van der Waals surface area contributed by atoms with Crippen LogP contribution in [-0.2, 0) is 19.6 Å². The van der Waals surface area contributed by atoms with E-state index in [0.717, 1.165) is 32.9 Å². The van der Waals surface area contributed by atoms with Crippen molar-refractivity contribution in [2.75, 3.05) is 49.1 Å². The Morgan fingerprint density at radius 1 is 0.885 bits per heavy atom. The zero-order valence-electron chi connectivity index (χ0n) is 32.8. The van der Waals surface area contributed by atoms with Gasteiger partial charge in [0.15, 0.2) is 0 Å². The van der Waals surface area contributed by atoms with Crippen LogP contribution in [0.15, 0.2) is 67.1 Å². The number of carbonyl (C=O) groups is 4. The van der Waals surface area contributed by atoms with Crippen LogP contribution in [0, 0.1) is 5.41 Å². The Balaban J connectivity index is 0.742. The van der Waals surface area contributed by atoms with E-state index in [1.165, 1.54) is 12.4 Å². The van der Waals surface area contributed by atoms with Gasteiger partial charge < -0.3 is 14.5 Å². The summed E-state index contributed by atoms with van der Waals surface area (Å²) in [5, 5.41) is 11.0. The van der Waals surface area contributed by atoms with Crippen LogP contribution in [-0.4, -0.2) is 112 Å². The predicted molar refractivity (Wildman–Crippen MR) is 226 cm³/mol. The molecule has 2 N–H and O–H groups in total. The molecule has 2 atom stereocenters. The number of aromatic amines is 1. The van der Waals surface area contributed by atoms with Gasteiger partial charge in [-0.3, -0.25) is 39.5 Å². The first-order valence-corrected chi connectivity index (χ1v) is 22.3. The molecule has 61 heavy (non-hydrogen) atoms. The Bertz CT molecular complexity index is 2740. The molecule has 4 fully saturated rings. The predicted octanol–water partition coefficient (Wildman–Crippen LogP) is 4.99. The summed E-state index contributed by atoms with van der Waals surface area (Å²) in [6, 6.07) is 13.5. The molecule has 314 valence electrons. The van der Waals surface area contributed by atoms with Gasteiger partial charge in [-0.05, 0) is 68.7 Å². The summed E-state index contributed by atoms with van der Waals surface area (Å²) >= 11 is 12.7. The van der Waals surface area contributed by atoms with E-state index >= 15 is 0 Å². The van der Waals surface area contributed by atoms with E-state index in [4.69, 9.17) is 32.9 Å². The second-order valence-corrected chi connectivity index (χ2v) is 19.5. The zero-order valence-corrected chi connectivity index (χ0v) is 35.1. The van der Waals surface area contributed by atoms with Crippen molar-refractivity contribution in [1.82, 2.24) is 34.7 Å². The van der Waals surface area contributed by atoms with Crippen molar-refractivity contribution in [3.8, 4) is 17.0 Å².